The first-order valence-electron chi connectivity index (χ1n) is 9.06. The normalized spacial score (nSPS) is 16.5. The van der Waals surface area contributed by atoms with Crippen LogP contribution in [-0.2, 0) is 17.6 Å². The molecule has 2 nitrogen and oxygen atoms in total. The Kier molecular flexibility index (Phi) is 5.34. The van der Waals surface area contributed by atoms with Crippen molar-refractivity contribution in [3.05, 3.63) is 53.6 Å². The number of unbranched alkanes of at least 4 members (excludes halogenated alkanes) is 1. The van der Waals surface area contributed by atoms with Crippen LogP contribution in [0.5, 0.6) is 5.75 Å². The molecule has 2 aromatic carbocycles. The molecule has 24 heavy (non-hydrogen) atoms. The van der Waals surface area contributed by atoms with Crippen molar-refractivity contribution in [1.29, 1.82) is 0 Å². The predicted octanol–water partition coefficient (Wildman–Crippen LogP) is 5.57. The Morgan fingerprint density at radius 2 is 1.83 bits per heavy atom. The molecule has 1 aliphatic carbocycles. The van der Waals surface area contributed by atoms with Crippen LogP contribution in [0.25, 0.3) is 11.1 Å². The fourth-order valence-electron chi connectivity index (χ4n) is 3.63. The van der Waals surface area contributed by atoms with E-state index in [1.807, 2.05) is 24.3 Å². The standard InChI is InChI=1S/C22H26O2/c1-3-4-5-17-6-7-21-15-20(9-8-19(21)14-17)18-10-12-22(13-11-18)24-16(2)23/h8-13,15,17H,3-7,14H2,1-2H3. The molecule has 1 aliphatic rings. The Balaban J connectivity index is 1.73. The quantitative estimate of drug-likeness (QED) is 0.531. The number of rotatable bonds is 5. The van der Waals surface area contributed by atoms with E-state index in [2.05, 4.69) is 25.1 Å². The molecule has 0 saturated carbocycles. The lowest BCUT2D eigenvalue weighted by Gasteiger charge is -2.25. The van der Waals surface area contributed by atoms with E-state index in [0.29, 0.717) is 5.75 Å². The summed E-state index contributed by atoms with van der Waals surface area (Å²) in [5, 5.41) is 0. The Labute approximate surface area is 144 Å². The minimum atomic E-state index is -0.283. The first kappa shape index (κ1) is 16.8. The average molecular weight is 322 g/mol. The summed E-state index contributed by atoms with van der Waals surface area (Å²) >= 11 is 0. The van der Waals surface area contributed by atoms with E-state index < -0.39 is 0 Å². The van der Waals surface area contributed by atoms with Crippen LogP contribution in [-0.4, -0.2) is 5.97 Å². The van der Waals surface area contributed by atoms with Crippen LogP contribution in [0.1, 0.15) is 50.7 Å². The highest BCUT2D eigenvalue weighted by Gasteiger charge is 2.18. The Hall–Kier alpha value is -2.09. The first-order valence-corrected chi connectivity index (χ1v) is 9.06. The van der Waals surface area contributed by atoms with Crippen LogP contribution >= 0.6 is 0 Å². The Morgan fingerprint density at radius 3 is 2.54 bits per heavy atom. The molecule has 0 spiro atoms. The summed E-state index contributed by atoms with van der Waals surface area (Å²) in [6.07, 6.45) is 7.78. The molecule has 2 aromatic rings. The van der Waals surface area contributed by atoms with Gasteiger partial charge in [0, 0.05) is 6.92 Å². The van der Waals surface area contributed by atoms with Crippen LogP contribution in [0.15, 0.2) is 42.5 Å². The van der Waals surface area contributed by atoms with Gasteiger partial charge in [-0.25, -0.2) is 0 Å². The molecule has 126 valence electrons. The van der Waals surface area contributed by atoms with Crippen molar-refractivity contribution in [2.24, 2.45) is 5.92 Å². The molecule has 0 aliphatic heterocycles. The molecule has 0 bridgehead atoms. The summed E-state index contributed by atoms with van der Waals surface area (Å²) < 4.78 is 5.10. The third-order valence-electron chi connectivity index (χ3n) is 4.95. The second-order valence-electron chi connectivity index (χ2n) is 6.85. The van der Waals surface area contributed by atoms with Crippen molar-refractivity contribution in [2.45, 2.75) is 52.4 Å². The van der Waals surface area contributed by atoms with Gasteiger partial charge in [-0.3, -0.25) is 4.79 Å². The molecule has 1 atom stereocenters. The van der Waals surface area contributed by atoms with Crippen molar-refractivity contribution >= 4 is 5.97 Å². The number of esters is 1. The SMILES string of the molecule is CCCCC1CCc2cc(-c3ccc(OC(C)=O)cc3)ccc2C1. The van der Waals surface area contributed by atoms with Crippen molar-refractivity contribution in [3.8, 4) is 16.9 Å². The van der Waals surface area contributed by atoms with Crippen LogP contribution in [0, 0.1) is 5.92 Å². The number of fused-ring (bicyclic) bond motifs is 1. The number of carbonyl (C=O) groups excluding carboxylic acids is 1. The van der Waals surface area contributed by atoms with Crippen molar-refractivity contribution in [1.82, 2.24) is 0 Å². The maximum Gasteiger partial charge on any atom is 0.308 e. The van der Waals surface area contributed by atoms with Gasteiger partial charge in [0.15, 0.2) is 0 Å². The monoisotopic (exact) mass is 322 g/mol. The lowest BCUT2D eigenvalue weighted by atomic mass is 9.80. The van der Waals surface area contributed by atoms with Crippen LogP contribution in [0.2, 0.25) is 0 Å². The zero-order valence-corrected chi connectivity index (χ0v) is 14.7. The van der Waals surface area contributed by atoms with E-state index in [1.54, 1.807) is 0 Å². The molecule has 0 fully saturated rings. The number of hydrogen-bond acceptors (Lipinski definition) is 2. The topological polar surface area (TPSA) is 26.3 Å². The van der Waals surface area contributed by atoms with E-state index >= 15 is 0 Å². The fourth-order valence-corrected chi connectivity index (χ4v) is 3.63. The number of aryl methyl sites for hydroxylation is 1. The van der Waals surface area contributed by atoms with E-state index in [4.69, 9.17) is 4.74 Å². The average Bonchev–Trinajstić information content (AvgIpc) is 2.59. The predicted molar refractivity (Wildman–Crippen MR) is 98.2 cm³/mol. The fraction of sp³-hybridized carbons (Fsp3) is 0.409. The van der Waals surface area contributed by atoms with E-state index in [0.717, 1.165) is 5.92 Å². The number of ether oxygens (including phenoxy) is 1. The molecule has 0 aromatic heterocycles. The highest BCUT2D eigenvalue weighted by Crippen LogP contribution is 2.32. The van der Waals surface area contributed by atoms with E-state index in [1.165, 1.54) is 67.7 Å². The van der Waals surface area contributed by atoms with Gasteiger partial charge in [-0.1, -0.05) is 56.5 Å². The number of hydrogen-bond donors (Lipinski definition) is 0. The molecular weight excluding hydrogens is 296 g/mol. The lowest BCUT2D eigenvalue weighted by Crippen LogP contribution is -2.14. The van der Waals surface area contributed by atoms with Gasteiger partial charge in [0.25, 0.3) is 0 Å². The third kappa shape index (κ3) is 4.05. The summed E-state index contributed by atoms with van der Waals surface area (Å²) in [6, 6.07) is 14.6. The molecule has 0 radical (unpaired) electrons. The van der Waals surface area contributed by atoms with Gasteiger partial charge in [0.2, 0.25) is 0 Å². The molecule has 0 saturated heterocycles. The van der Waals surface area contributed by atoms with E-state index in [-0.39, 0.29) is 5.97 Å². The maximum atomic E-state index is 11.0. The highest BCUT2D eigenvalue weighted by atomic mass is 16.5. The van der Waals surface area contributed by atoms with Crippen LogP contribution in [0.3, 0.4) is 0 Å². The second-order valence-corrected chi connectivity index (χ2v) is 6.85. The lowest BCUT2D eigenvalue weighted by molar-refractivity contribution is -0.131. The summed E-state index contributed by atoms with van der Waals surface area (Å²) in [5.41, 5.74) is 5.45. The Bertz CT molecular complexity index is 700. The van der Waals surface area contributed by atoms with Gasteiger partial charge in [-0.05, 0) is 59.6 Å². The van der Waals surface area contributed by atoms with Gasteiger partial charge in [0.05, 0.1) is 0 Å². The molecule has 3 rings (SSSR count). The smallest absolute Gasteiger partial charge is 0.308 e. The molecule has 1 unspecified atom stereocenters. The molecular formula is C22H26O2. The Morgan fingerprint density at radius 1 is 1.08 bits per heavy atom. The zero-order valence-electron chi connectivity index (χ0n) is 14.7. The van der Waals surface area contributed by atoms with Crippen molar-refractivity contribution in [2.75, 3.05) is 0 Å². The number of carbonyl (C=O) groups is 1. The van der Waals surface area contributed by atoms with Crippen molar-refractivity contribution in [3.63, 3.8) is 0 Å². The zero-order chi connectivity index (χ0) is 16.9. The van der Waals surface area contributed by atoms with E-state index in [9.17, 15) is 4.79 Å². The van der Waals surface area contributed by atoms with Crippen molar-refractivity contribution < 1.29 is 9.53 Å². The second kappa shape index (κ2) is 7.65. The van der Waals surface area contributed by atoms with Gasteiger partial charge >= 0.3 is 5.97 Å². The first-order chi connectivity index (χ1) is 11.7. The van der Waals surface area contributed by atoms with Gasteiger partial charge in [-0.2, -0.15) is 0 Å². The minimum Gasteiger partial charge on any atom is -0.427 e. The third-order valence-corrected chi connectivity index (χ3v) is 4.95. The largest absolute Gasteiger partial charge is 0.427 e. The molecule has 0 heterocycles. The minimum absolute atomic E-state index is 0.283. The summed E-state index contributed by atoms with van der Waals surface area (Å²) in [7, 11) is 0. The summed E-state index contributed by atoms with van der Waals surface area (Å²) in [6.45, 7) is 3.70. The molecule has 0 amide bonds. The van der Waals surface area contributed by atoms with Crippen LogP contribution < -0.4 is 4.74 Å². The number of benzene rings is 2. The molecule has 0 N–H and O–H groups in total. The molecule has 2 heteroatoms. The van der Waals surface area contributed by atoms with Gasteiger partial charge < -0.3 is 4.74 Å². The van der Waals surface area contributed by atoms with Gasteiger partial charge in [-0.15, -0.1) is 0 Å². The summed E-state index contributed by atoms with van der Waals surface area (Å²) in [5.74, 6) is 1.18. The van der Waals surface area contributed by atoms with Crippen LogP contribution in [0.4, 0.5) is 0 Å². The maximum absolute atomic E-state index is 11.0. The summed E-state index contributed by atoms with van der Waals surface area (Å²) in [4.78, 5) is 11.0. The van der Waals surface area contributed by atoms with Gasteiger partial charge in [0.1, 0.15) is 5.75 Å². The highest BCUT2D eigenvalue weighted by molar-refractivity contribution is 5.70.